The van der Waals surface area contributed by atoms with Gasteiger partial charge in [-0.15, -0.1) is 24.0 Å². The van der Waals surface area contributed by atoms with Gasteiger partial charge < -0.3 is 20.3 Å². The lowest BCUT2D eigenvalue weighted by Gasteiger charge is -2.40. The Balaban J connectivity index is 0.00000385. The van der Waals surface area contributed by atoms with Crippen molar-refractivity contribution in [1.82, 2.24) is 15.5 Å². The third-order valence-electron chi connectivity index (χ3n) is 6.49. The van der Waals surface area contributed by atoms with Crippen molar-refractivity contribution in [2.24, 2.45) is 22.2 Å². The van der Waals surface area contributed by atoms with Crippen molar-refractivity contribution in [3.05, 3.63) is 35.9 Å². The number of carbonyl (C=O) groups excluding carboxylic acids is 1. The van der Waals surface area contributed by atoms with Crippen LogP contribution in [0.15, 0.2) is 35.3 Å². The number of nitrogens with one attached hydrogen (secondary N) is 2. The fraction of sp³-hybridized carbons (Fsp3) is 0.692. The molecule has 2 heterocycles. The number of hydrogen-bond donors (Lipinski definition) is 2. The lowest BCUT2D eigenvalue weighted by molar-refractivity contribution is -0.127. The van der Waals surface area contributed by atoms with Crippen LogP contribution in [0.2, 0.25) is 0 Å². The van der Waals surface area contributed by atoms with E-state index < -0.39 is 0 Å². The van der Waals surface area contributed by atoms with Gasteiger partial charge in [-0.1, -0.05) is 51.1 Å². The van der Waals surface area contributed by atoms with Gasteiger partial charge in [0.15, 0.2) is 5.96 Å². The van der Waals surface area contributed by atoms with Crippen molar-refractivity contribution in [2.75, 3.05) is 39.3 Å². The fourth-order valence-electron chi connectivity index (χ4n) is 4.90. The molecule has 1 aromatic carbocycles. The minimum absolute atomic E-state index is 0. The molecule has 3 rings (SSSR count). The molecule has 1 aromatic rings. The molecule has 0 spiro atoms. The summed E-state index contributed by atoms with van der Waals surface area (Å²) in [6.07, 6.45) is 4.07. The van der Waals surface area contributed by atoms with Crippen LogP contribution in [-0.2, 0) is 16.0 Å². The van der Waals surface area contributed by atoms with Crippen molar-refractivity contribution >= 4 is 35.8 Å². The first-order valence-electron chi connectivity index (χ1n) is 12.3. The summed E-state index contributed by atoms with van der Waals surface area (Å²) in [6.45, 7) is 13.7. The molecule has 3 unspecified atom stereocenters. The molecule has 3 atom stereocenters. The number of ether oxygens (including phenoxy) is 1. The highest BCUT2D eigenvalue weighted by Gasteiger charge is 2.35. The van der Waals surface area contributed by atoms with E-state index in [1.807, 2.05) is 11.0 Å². The molecular weight excluding hydrogens is 527 g/mol. The molecular formula is C26H43IN4O2. The summed E-state index contributed by atoms with van der Waals surface area (Å²) < 4.78 is 6.12. The van der Waals surface area contributed by atoms with E-state index in [1.54, 1.807) is 0 Å². The first-order valence-corrected chi connectivity index (χ1v) is 12.3. The van der Waals surface area contributed by atoms with Crippen LogP contribution >= 0.6 is 24.0 Å². The average molecular weight is 571 g/mol. The number of guanidine groups is 1. The lowest BCUT2D eigenvalue weighted by Crippen LogP contribution is -2.47. The number of aliphatic imine (C=N–C) groups is 1. The Morgan fingerprint density at radius 2 is 1.97 bits per heavy atom. The van der Waals surface area contributed by atoms with Gasteiger partial charge in [0.05, 0.1) is 6.10 Å². The largest absolute Gasteiger partial charge is 0.377 e. The Labute approximate surface area is 217 Å². The SMILES string of the molecule is CCNC(=NCC1CC(=O)N(CCc2ccccc2)C1)NCC1CCCOC1C(C)(C)C.I. The monoisotopic (exact) mass is 570 g/mol. The summed E-state index contributed by atoms with van der Waals surface area (Å²) in [7, 11) is 0. The molecule has 2 saturated heterocycles. The van der Waals surface area contributed by atoms with E-state index in [0.717, 1.165) is 51.6 Å². The number of hydrogen-bond acceptors (Lipinski definition) is 3. The molecule has 33 heavy (non-hydrogen) atoms. The molecule has 186 valence electrons. The minimum atomic E-state index is 0. The van der Waals surface area contributed by atoms with Gasteiger partial charge in [-0.3, -0.25) is 9.79 Å². The molecule has 0 bridgehead atoms. The van der Waals surface area contributed by atoms with Crippen molar-refractivity contribution in [1.29, 1.82) is 0 Å². The van der Waals surface area contributed by atoms with E-state index in [2.05, 4.69) is 62.6 Å². The Bertz CT molecular complexity index is 750. The zero-order valence-corrected chi connectivity index (χ0v) is 23.1. The predicted octanol–water partition coefficient (Wildman–Crippen LogP) is 4.09. The van der Waals surface area contributed by atoms with Gasteiger partial charge in [-0.25, -0.2) is 0 Å². The summed E-state index contributed by atoms with van der Waals surface area (Å²) in [4.78, 5) is 19.3. The molecule has 2 N–H and O–H groups in total. The highest BCUT2D eigenvalue weighted by Crippen LogP contribution is 2.33. The molecule has 0 radical (unpaired) electrons. The molecule has 2 aliphatic heterocycles. The van der Waals surface area contributed by atoms with Crippen molar-refractivity contribution in [3.8, 4) is 0 Å². The molecule has 2 fully saturated rings. The third-order valence-corrected chi connectivity index (χ3v) is 6.49. The van der Waals surface area contributed by atoms with E-state index in [0.29, 0.717) is 18.9 Å². The van der Waals surface area contributed by atoms with Crippen LogP contribution in [0.1, 0.15) is 52.5 Å². The van der Waals surface area contributed by atoms with Crippen LogP contribution in [0.25, 0.3) is 0 Å². The Morgan fingerprint density at radius 3 is 2.67 bits per heavy atom. The van der Waals surface area contributed by atoms with Gasteiger partial charge in [0.2, 0.25) is 5.91 Å². The molecule has 7 heteroatoms. The first-order chi connectivity index (χ1) is 15.4. The standard InChI is InChI=1S/C26H42N4O2.HI/c1-5-27-25(29-18-22-12-9-15-32-24(22)26(2,3)4)28-17-21-16-23(31)30(19-21)14-13-20-10-7-6-8-11-20;/h6-8,10-11,21-22,24H,5,9,12-19H2,1-4H3,(H2,27,28,29);1H. The van der Waals surface area contributed by atoms with Gasteiger partial charge in [-0.05, 0) is 37.2 Å². The van der Waals surface area contributed by atoms with E-state index in [4.69, 9.17) is 9.73 Å². The average Bonchev–Trinajstić information content (AvgIpc) is 3.14. The van der Waals surface area contributed by atoms with E-state index in [-0.39, 0.29) is 47.3 Å². The number of likely N-dealkylation sites (tertiary alicyclic amines) is 1. The maximum Gasteiger partial charge on any atom is 0.223 e. The number of nitrogens with zero attached hydrogens (tertiary/aromatic N) is 2. The highest BCUT2D eigenvalue weighted by molar-refractivity contribution is 14.0. The Hall–Kier alpha value is -1.35. The number of halogens is 1. The number of rotatable bonds is 8. The molecule has 0 aliphatic carbocycles. The summed E-state index contributed by atoms with van der Waals surface area (Å²) >= 11 is 0. The van der Waals surface area contributed by atoms with Gasteiger partial charge in [-0.2, -0.15) is 0 Å². The van der Waals surface area contributed by atoms with Crippen LogP contribution < -0.4 is 10.6 Å². The summed E-state index contributed by atoms with van der Waals surface area (Å²) in [5.41, 5.74) is 1.41. The van der Waals surface area contributed by atoms with Gasteiger partial charge >= 0.3 is 0 Å². The summed E-state index contributed by atoms with van der Waals surface area (Å²) in [5, 5.41) is 6.91. The smallest absolute Gasteiger partial charge is 0.223 e. The quantitative estimate of drug-likeness (QED) is 0.281. The topological polar surface area (TPSA) is 66.0 Å². The van der Waals surface area contributed by atoms with E-state index in [9.17, 15) is 4.79 Å². The van der Waals surface area contributed by atoms with Gasteiger partial charge in [0, 0.05) is 57.6 Å². The van der Waals surface area contributed by atoms with Gasteiger partial charge in [0.1, 0.15) is 0 Å². The summed E-state index contributed by atoms with van der Waals surface area (Å²) in [6, 6.07) is 10.4. The molecule has 6 nitrogen and oxygen atoms in total. The second-order valence-corrected chi connectivity index (χ2v) is 10.3. The Kier molecular flexibility index (Phi) is 11.4. The normalized spacial score (nSPS) is 23.9. The molecule has 0 aromatic heterocycles. The van der Waals surface area contributed by atoms with E-state index in [1.165, 1.54) is 12.0 Å². The number of carbonyl (C=O) groups is 1. The van der Waals surface area contributed by atoms with Gasteiger partial charge in [0.25, 0.3) is 0 Å². The third kappa shape index (κ3) is 8.74. The van der Waals surface area contributed by atoms with Crippen molar-refractivity contribution in [2.45, 2.75) is 59.5 Å². The molecule has 1 amide bonds. The number of benzene rings is 1. The maximum atomic E-state index is 12.5. The maximum absolute atomic E-state index is 12.5. The molecule has 2 aliphatic rings. The van der Waals surface area contributed by atoms with E-state index >= 15 is 0 Å². The zero-order valence-electron chi connectivity index (χ0n) is 20.8. The highest BCUT2D eigenvalue weighted by atomic mass is 127. The summed E-state index contributed by atoms with van der Waals surface area (Å²) in [5.74, 6) is 1.87. The zero-order chi connectivity index (χ0) is 23.0. The van der Waals surface area contributed by atoms with Crippen molar-refractivity contribution < 1.29 is 9.53 Å². The minimum Gasteiger partial charge on any atom is -0.377 e. The molecule has 0 saturated carbocycles. The first kappa shape index (κ1) is 27.9. The number of amides is 1. The lowest BCUT2D eigenvalue weighted by atomic mass is 9.78. The predicted molar refractivity (Wildman–Crippen MR) is 146 cm³/mol. The fourth-order valence-corrected chi connectivity index (χ4v) is 4.90. The Morgan fingerprint density at radius 1 is 1.21 bits per heavy atom. The van der Waals surface area contributed by atoms with Crippen molar-refractivity contribution in [3.63, 3.8) is 0 Å². The van der Waals surface area contributed by atoms with Crippen LogP contribution in [0.3, 0.4) is 0 Å². The van der Waals surface area contributed by atoms with Crippen LogP contribution in [0.4, 0.5) is 0 Å². The van der Waals surface area contributed by atoms with Crippen LogP contribution in [0.5, 0.6) is 0 Å². The second-order valence-electron chi connectivity index (χ2n) is 10.3. The second kappa shape index (κ2) is 13.5. The van der Waals surface area contributed by atoms with Crippen LogP contribution in [0, 0.1) is 17.3 Å². The van der Waals surface area contributed by atoms with Crippen LogP contribution in [-0.4, -0.2) is 62.2 Å².